The lowest BCUT2D eigenvalue weighted by molar-refractivity contribution is 0.340. The molecule has 0 bridgehead atoms. The van der Waals surface area contributed by atoms with Gasteiger partial charge in [0.2, 0.25) is 0 Å². The van der Waals surface area contributed by atoms with Crippen LogP contribution in [-0.4, -0.2) is 7.05 Å². The van der Waals surface area contributed by atoms with Gasteiger partial charge >= 0.3 is 0 Å². The van der Waals surface area contributed by atoms with E-state index in [4.69, 9.17) is 11.6 Å². The first-order valence-corrected chi connectivity index (χ1v) is 7.53. The van der Waals surface area contributed by atoms with Gasteiger partial charge in [-0.15, -0.1) is 0 Å². The highest BCUT2D eigenvalue weighted by Crippen LogP contribution is 2.35. The summed E-state index contributed by atoms with van der Waals surface area (Å²) in [6.07, 6.45) is 8.25. The van der Waals surface area contributed by atoms with Crippen molar-refractivity contribution in [3.63, 3.8) is 0 Å². The van der Waals surface area contributed by atoms with Gasteiger partial charge in [-0.25, -0.2) is 0 Å². The van der Waals surface area contributed by atoms with Gasteiger partial charge in [-0.3, -0.25) is 0 Å². The fourth-order valence-electron chi connectivity index (χ4n) is 3.24. The number of rotatable bonds is 3. The lowest BCUT2D eigenvalue weighted by Gasteiger charge is -2.27. The van der Waals surface area contributed by atoms with Crippen LogP contribution in [0.25, 0.3) is 0 Å². The molecule has 18 heavy (non-hydrogen) atoms. The third-order valence-corrected chi connectivity index (χ3v) is 4.49. The lowest BCUT2D eigenvalue weighted by atomic mass is 9.85. The van der Waals surface area contributed by atoms with E-state index in [-0.39, 0.29) is 0 Å². The van der Waals surface area contributed by atoms with E-state index in [1.54, 1.807) is 0 Å². The van der Waals surface area contributed by atoms with Crippen molar-refractivity contribution in [1.29, 1.82) is 0 Å². The van der Waals surface area contributed by atoms with Crippen LogP contribution >= 0.6 is 11.6 Å². The van der Waals surface area contributed by atoms with Crippen molar-refractivity contribution in [3.05, 3.63) is 34.3 Å². The molecule has 1 fully saturated rings. The minimum absolute atomic E-state index is 0.460. The molecule has 1 nitrogen and oxygen atoms in total. The maximum absolute atomic E-state index is 6.16. The van der Waals surface area contributed by atoms with Gasteiger partial charge in [0, 0.05) is 11.1 Å². The smallest absolute Gasteiger partial charge is 0.0409 e. The van der Waals surface area contributed by atoms with E-state index in [0.717, 1.165) is 10.9 Å². The highest BCUT2D eigenvalue weighted by Gasteiger charge is 2.24. The summed E-state index contributed by atoms with van der Waals surface area (Å²) < 4.78 is 0. The number of halogens is 1. The summed E-state index contributed by atoms with van der Waals surface area (Å²) in [6.45, 7) is 2.19. The Kier molecular flexibility index (Phi) is 5.08. The average Bonchev–Trinajstić information content (AvgIpc) is 2.64. The van der Waals surface area contributed by atoms with Gasteiger partial charge in [-0.2, -0.15) is 0 Å². The number of hydrogen-bond acceptors (Lipinski definition) is 1. The van der Waals surface area contributed by atoms with Crippen LogP contribution in [0, 0.1) is 12.8 Å². The normalized spacial score (nSPS) is 19.5. The summed E-state index contributed by atoms with van der Waals surface area (Å²) in [6, 6.07) is 6.73. The number of nitrogens with one attached hydrogen (secondary N) is 1. The van der Waals surface area contributed by atoms with Crippen molar-refractivity contribution in [3.8, 4) is 0 Å². The predicted molar refractivity (Wildman–Crippen MR) is 79.2 cm³/mol. The van der Waals surface area contributed by atoms with Crippen LogP contribution in [0.15, 0.2) is 18.2 Å². The van der Waals surface area contributed by atoms with E-state index in [1.165, 1.54) is 49.7 Å². The standard InChI is InChI=1S/C16H24ClN/c1-12-9-10-14(17)11-15(12)16(18-2)13-7-5-3-4-6-8-13/h9-11,13,16,18H,3-8H2,1-2H3. The fraction of sp³-hybridized carbons (Fsp3) is 0.625. The van der Waals surface area contributed by atoms with Crippen LogP contribution < -0.4 is 5.32 Å². The number of benzene rings is 1. The third-order valence-electron chi connectivity index (χ3n) is 4.26. The van der Waals surface area contributed by atoms with Crippen molar-refractivity contribution < 1.29 is 0 Å². The lowest BCUT2D eigenvalue weighted by Crippen LogP contribution is -2.25. The molecule has 1 aliphatic rings. The predicted octanol–water partition coefficient (Wildman–Crippen LogP) is 4.88. The van der Waals surface area contributed by atoms with Crippen LogP contribution in [0.3, 0.4) is 0 Å². The van der Waals surface area contributed by atoms with Gasteiger partial charge in [-0.1, -0.05) is 43.4 Å². The molecule has 2 heteroatoms. The van der Waals surface area contributed by atoms with Gasteiger partial charge in [0.05, 0.1) is 0 Å². The highest BCUT2D eigenvalue weighted by atomic mass is 35.5. The molecular formula is C16H24ClN. The Morgan fingerprint density at radius 1 is 1.17 bits per heavy atom. The van der Waals surface area contributed by atoms with Gasteiger partial charge in [0.1, 0.15) is 0 Å². The molecular weight excluding hydrogens is 242 g/mol. The van der Waals surface area contributed by atoms with Crippen molar-refractivity contribution in [2.75, 3.05) is 7.05 Å². The second-order valence-electron chi connectivity index (χ2n) is 5.52. The van der Waals surface area contributed by atoms with Crippen LogP contribution in [-0.2, 0) is 0 Å². The molecule has 1 aliphatic carbocycles. The summed E-state index contributed by atoms with van der Waals surface area (Å²) in [7, 11) is 2.08. The molecule has 100 valence electrons. The fourth-order valence-corrected chi connectivity index (χ4v) is 3.42. The first-order chi connectivity index (χ1) is 8.72. The Hall–Kier alpha value is -0.530. The second-order valence-corrected chi connectivity index (χ2v) is 5.96. The summed E-state index contributed by atoms with van der Waals surface area (Å²) in [5.74, 6) is 0.759. The molecule has 1 atom stereocenters. The van der Waals surface area contributed by atoms with Crippen LogP contribution in [0.2, 0.25) is 5.02 Å². The Morgan fingerprint density at radius 3 is 2.44 bits per heavy atom. The number of hydrogen-bond donors (Lipinski definition) is 1. The Labute approximate surface area is 116 Å². The molecule has 0 amide bonds. The maximum Gasteiger partial charge on any atom is 0.0409 e. The van der Waals surface area contributed by atoms with Crippen LogP contribution in [0.1, 0.15) is 55.7 Å². The molecule has 1 unspecified atom stereocenters. The average molecular weight is 266 g/mol. The van der Waals surface area contributed by atoms with Gasteiger partial charge < -0.3 is 5.32 Å². The molecule has 2 rings (SSSR count). The third kappa shape index (κ3) is 3.27. The molecule has 0 spiro atoms. The van der Waals surface area contributed by atoms with E-state index < -0.39 is 0 Å². The Balaban J connectivity index is 2.23. The van der Waals surface area contributed by atoms with Crippen LogP contribution in [0.5, 0.6) is 0 Å². The van der Waals surface area contributed by atoms with Crippen LogP contribution in [0.4, 0.5) is 0 Å². The van der Waals surface area contributed by atoms with Gasteiger partial charge in [-0.05, 0) is 56.0 Å². The minimum Gasteiger partial charge on any atom is -0.313 e. The van der Waals surface area contributed by atoms with E-state index in [9.17, 15) is 0 Å². The molecule has 1 N–H and O–H groups in total. The quantitative estimate of drug-likeness (QED) is 0.768. The molecule has 1 aromatic rings. The van der Waals surface area contributed by atoms with Gasteiger partial charge in [0.25, 0.3) is 0 Å². The molecule has 1 saturated carbocycles. The Bertz CT molecular complexity index is 381. The van der Waals surface area contributed by atoms with Crippen molar-refractivity contribution in [1.82, 2.24) is 5.32 Å². The molecule has 0 heterocycles. The Morgan fingerprint density at radius 2 is 1.83 bits per heavy atom. The molecule has 0 aromatic heterocycles. The monoisotopic (exact) mass is 265 g/mol. The van der Waals surface area contributed by atoms with E-state index in [1.807, 2.05) is 6.07 Å². The summed E-state index contributed by atoms with van der Waals surface area (Å²) in [4.78, 5) is 0. The molecule has 0 saturated heterocycles. The largest absolute Gasteiger partial charge is 0.313 e. The number of aryl methyl sites for hydroxylation is 1. The first kappa shape index (κ1) is 13.9. The summed E-state index contributed by atoms with van der Waals surface area (Å²) in [5.41, 5.74) is 2.74. The zero-order valence-corrected chi connectivity index (χ0v) is 12.3. The second kappa shape index (κ2) is 6.58. The van der Waals surface area contributed by atoms with Crippen molar-refractivity contribution in [2.45, 2.75) is 51.5 Å². The SMILES string of the molecule is CNC(c1cc(Cl)ccc1C)C1CCCCCC1. The van der Waals surface area contributed by atoms with E-state index >= 15 is 0 Å². The molecule has 1 aromatic carbocycles. The van der Waals surface area contributed by atoms with Crippen molar-refractivity contribution >= 4 is 11.6 Å². The molecule has 0 radical (unpaired) electrons. The maximum atomic E-state index is 6.16. The topological polar surface area (TPSA) is 12.0 Å². The van der Waals surface area contributed by atoms with E-state index in [2.05, 4.69) is 31.4 Å². The zero-order chi connectivity index (χ0) is 13.0. The van der Waals surface area contributed by atoms with Crippen molar-refractivity contribution in [2.24, 2.45) is 5.92 Å². The highest BCUT2D eigenvalue weighted by molar-refractivity contribution is 6.30. The first-order valence-electron chi connectivity index (χ1n) is 7.15. The zero-order valence-electron chi connectivity index (χ0n) is 11.5. The minimum atomic E-state index is 0.460. The van der Waals surface area contributed by atoms with E-state index in [0.29, 0.717) is 6.04 Å². The van der Waals surface area contributed by atoms with Gasteiger partial charge in [0.15, 0.2) is 0 Å². The summed E-state index contributed by atoms with van der Waals surface area (Å²) >= 11 is 6.16. The molecule has 0 aliphatic heterocycles. The summed E-state index contributed by atoms with van der Waals surface area (Å²) in [5, 5.41) is 4.38.